The summed E-state index contributed by atoms with van der Waals surface area (Å²) >= 11 is 0. The Hall–Kier alpha value is -0.910. The summed E-state index contributed by atoms with van der Waals surface area (Å²) in [6.45, 7) is 1.18. The lowest BCUT2D eigenvalue weighted by atomic mass is 10.2. The van der Waals surface area contributed by atoms with Gasteiger partial charge in [0.05, 0.1) is 11.5 Å². The van der Waals surface area contributed by atoms with E-state index in [-0.39, 0.29) is 35.4 Å². The van der Waals surface area contributed by atoms with Crippen molar-refractivity contribution in [2.75, 3.05) is 27.3 Å². The molecular weight excluding hydrogens is 443 g/mol. The molecule has 0 spiro atoms. The number of benzene rings is 1. The lowest BCUT2D eigenvalue weighted by Gasteiger charge is -2.11. The summed E-state index contributed by atoms with van der Waals surface area (Å²) in [7, 11) is -0.214. The first kappa shape index (κ1) is 21.1. The van der Waals surface area contributed by atoms with Crippen LogP contribution in [0, 0.1) is 0 Å². The minimum absolute atomic E-state index is 0. The van der Waals surface area contributed by atoms with E-state index in [1.54, 1.807) is 31.3 Å². The molecule has 0 atom stereocenters. The molecule has 1 aromatic rings. The number of rotatable bonds is 8. The lowest BCUT2D eigenvalue weighted by Crippen LogP contribution is -2.38. The third kappa shape index (κ3) is 6.91. The molecule has 0 saturated heterocycles. The second-order valence-electron chi connectivity index (χ2n) is 5.38. The second kappa shape index (κ2) is 10.2. The Labute approximate surface area is 160 Å². The Morgan fingerprint density at radius 3 is 2.50 bits per heavy atom. The molecule has 1 aliphatic carbocycles. The third-order valence-corrected chi connectivity index (χ3v) is 4.91. The summed E-state index contributed by atoms with van der Waals surface area (Å²) in [5.74, 6) is 0.769. The van der Waals surface area contributed by atoms with Crippen LogP contribution in [0.2, 0.25) is 0 Å². The van der Waals surface area contributed by atoms with E-state index in [1.165, 1.54) is 20.0 Å². The number of hydrogen-bond acceptors (Lipinski definition) is 4. The zero-order valence-corrected chi connectivity index (χ0v) is 17.1. The van der Waals surface area contributed by atoms with Crippen molar-refractivity contribution < 1.29 is 13.2 Å². The van der Waals surface area contributed by atoms with E-state index >= 15 is 0 Å². The number of guanidine groups is 1. The van der Waals surface area contributed by atoms with Crippen molar-refractivity contribution in [1.82, 2.24) is 15.4 Å². The van der Waals surface area contributed by atoms with Crippen molar-refractivity contribution in [2.24, 2.45) is 4.99 Å². The van der Waals surface area contributed by atoms with Gasteiger partial charge in [-0.2, -0.15) is 0 Å². The zero-order valence-electron chi connectivity index (χ0n) is 13.9. The molecule has 0 aliphatic heterocycles. The minimum Gasteiger partial charge on any atom is -0.383 e. The molecule has 2 rings (SSSR count). The van der Waals surface area contributed by atoms with Crippen LogP contribution >= 0.6 is 24.0 Å². The van der Waals surface area contributed by atoms with Gasteiger partial charge in [-0.15, -0.1) is 24.0 Å². The predicted octanol–water partition coefficient (Wildman–Crippen LogP) is 1.06. The van der Waals surface area contributed by atoms with E-state index in [0.717, 1.165) is 11.5 Å². The molecule has 0 unspecified atom stereocenters. The standard InChI is InChI=1S/C15H24N4O3S.HI/c1-16-15(19-13-5-6-13)17-11-12-3-7-14(8-4-12)23(20,21)18-9-10-22-2;/h3-4,7-8,13,18H,5-6,9-11H2,1-2H3,(H2,16,17,19);1H. The average Bonchev–Trinajstić information content (AvgIpc) is 3.36. The highest BCUT2D eigenvalue weighted by molar-refractivity contribution is 14.0. The topological polar surface area (TPSA) is 91.8 Å². The number of hydrogen-bond donors (Lipinski definition) is 3. The number of aliphatic imine (C=N–C) groups is 1. The maximum absolute atomic E-state index is 12.0. The van der Waals surface area contributed by atoms with Crippen LogP contribution in [-0.2, 0) is 21.3 Å². The summed E-state index contributed by atoms with van der Waals surface area (Å²) in [5.41, 5.74) is 0.986. The first-order chi connectivity index (χ1) is 11.0. The number of methoxy groups -OCH3 is 1. The van der Waals surface area contributed by atoms with Gasteiger partial charge in [0.2, 0.25) is 10.0 Å². The van der Waals surface area contributed by atoms with Crippen LogP contribution in [0.25, 0.3) is 0 Å². The highest BCUT2D eigenvalue weighted by Gasteiger charge is 2.22. The monoisotopic (exact) mass is 468 g/mol. The fourth-order valence-corrected chi connectivity index (χ4v) is 2.96. The van der Waals surface area contributed by atoms with Gasteiger partial charge in [0.25, 0.3) is 0 Å². The molecule has 0 amide bonds. The Bertz CT molecular complexity index is 631. The number of sulfonamides is 1. The molecule has 0 heterocycles. The van der Waals surface area contributed by atoms with Crippen LogP contribution in [0.15, 0.2) is 34.2 Å². The quantitative estimate of drug-likeness (QED) is 0.230. The molecule has 136 valence electrons. The summed E-state index contributed by atoms with van der Waals surface area (Å²) in [4.78, 5) is 4.41. The van der Waals surface area contributed by atoms with E-state index in [0.29, 0.717) is 19.2 Å². The molecule has 0 aromatic heterocycles. The first-order valence-corrected chi connectivity index (χ1v) is 9.08. The van der Waals surface area contributed by atoms with Crippen molar-refractivity contribution in [3.63, 3.8) is 0 Å². The van der Waals surface area contributed by atoms with E-state index < -0.39 is 10.0 Å². The van der Waals surface area contributed by atoms with E-state index in [4.69, 9.17) is 4.74 Å². The number of halogens is 1. The van der Waals surface area contributed by atoms with Crippen LogP contribution in [0.1, 0.15) is 18.4 Å². The molecule has 7 nitrogen and oxygen atoms in total. The fraction of sp³-hybridized carbons (Fsp3) is 0.533. The minimum atomic E-state index is -3.48. The molecule has 1 fully saturated rings. The van der Waals surface area contributed by atoms with Gasteiger partial charge < -0.3 is 15.4 Å². The van der Waals surface area contributed by atoms with Crippen molar-refractivity contribution >= 4 is 40.0 Å². The van der Waals surface area contributed by atoms with Gasteiger partial charge in [0, 0.05) is 33.3 Å². The third-order valence-electron chi connectivity index (χ3n) is 3.43. The Balaban J connectivity index is 0.00000288. The average molecular weight is 468 g/mol. The van der Waals surface area contributed by atoms with E-state index in [1.807, 2.05) is 0 Å². The zero-order chi connectivity index (χ0) is 16.7. The predicted molar refractivity (Wildman–Crippen MR) is 105 cm³/mol. The smallest absolute Gasteiger partial charge is 0.240 e. The molecule has 9 heteroatoms. The maximum atomic E-state index is 12.0. The summed E-state index contributed by atoms with van der Waals surface area (Å²) in [6.07, 6.45) is 2.37. The molecular formula is C15H25IN4O3S. The largest absolute Gasteiger partial charge is 0.383 e. The summed E-state index contributed by atoms with van der Waals surface area (Å²) in [5, 5.41) is 6.51. The van der Waals surface area contributed by atoms with Crippen molar-refractivity contribution in [1.29, 1.82) is 0 Å². The molecule has 1 aromatic carbocycles. The SMILES string of the molecule is CN=C(NCc1ccc(S(=O)(=O)NCCOC)cc1)NC1CC1.I. The van der Waals surface area contributed by atoms with Gasteiger partial charge in [-0.25, -0.2) is 13.1 Å². The van der Waals surface area contributed by atoms with Crippen molar-refractivity contribution in [2.45, 2.75) is 30.3 Å². The van der Waals surface area contributed by atoms with Gasteiger partial charge in [-0.1, -0.05) is 12.1 Å². The molecule has 1 aliphatic rings. The van der Waals surface area contributed by atoms with Gasteiger partial charge in [0.15, 0.2) is 5.96 Å². The molecule has 1 saturated carbocycles. The maximum Gasteiger partial charge on any atom is 0.240 e. The van der Waals surface area contributed by atoms with Gasteiger partial charge in [-0.3, -0.25) is 4.99 Å². The Kier molecular flexibility index (Phi) is 8.95. The number of nitrogens with one attached hydrogen (secondary N) is 3. The van der Waals surface area contributed by atoms with Crippen molar-refractivity contribution in [3.8, 4) is 0 Å². The number of nitrogens with zero attached hydrogens (tertiary/aromatic N) is 1. The highest BCUT2D eigenvalue weighted by atomic mass is 127. The first-order valence-electron chi connectivity index (χ1n) is 7.60. The van der Waals surface area contributed by atoms with Crippen LogP contribution in [-0.4, -0.2) is 47.7 Å². The summed E-state index contributed by atoms with van der Waals surface area (Å²) < 4.78 is 31.4. The molecule has 24 heavy (non-hydrogen) atoms. The molecule has 3 N–H and O–H groups in total. The van der Waals surface area contributed by atoms with E-state index in [2.05, 4.69) is 20.3 Å². The normalized spacial score (nSPS) is 14.8. The van der Waals surface area contributed by atoms with Gasteiger partial charge in [0.1, 0.15) is 0 Å². The molecule has 0 radical (unpaired) electrons. The Morgan fingerprint density at radius 2 is 1.96 bits per heavy atom. The lowest BCUT2D eigenvalue weighted by molar-refractivity contribution is 0.204. The van der Waals surface area contributed by atoms with Crippen LogP contribution in [0.3, 0.4) is 0 Å². The van der Waals surface area contributed by atoms with Gasteiger partial charge in [-0.05, 0) is 30.5 Å². The van der Waals surface area contributed by atoms with Crippen LogP contribution in [0.5, 0.6) is 0 Å². The number of ether oxygens (including phenoxy) is 1. The van der Waals surface area contributed by atoms with E-state index in [9.17, 15) is 8.42 Å². The Morgan fingerprint density at radius 1 is 1.29 bits per heavy atom. The van der Waals surface area contributed by atoms with Gasteiger partial charge >= 0.3 is 0 Å². The van der Waals surface area contributed by atoms with Crippen LogP contribution < -0.4 is 15.4 Å². The fourth-order valence-electron chi connectivity index (χ4n) is 1.95. The second-order valence-corrected chi connectivity index (χ2v) is 7.15. The van der Waals surface area contributed by atoms with Crippen molar-refractivity contribution in [3.05, 3.63) is 29.8 Å². The molecule has 0 bridgehead atoms. The highest BCUT2D eigenvalue weighted by Crippen LogP contribution is 2.18. The van der Waals surface area contributed by atoms with Crippen LogP contribution in [0.4, 0.5) is 0 Å². The summed E-state index contributed by atoms with van der Waals surface area (Å²) in [6, 6.07) is 7.32.